The summed E-state index contributed by atoms with van der Waals surface area (Å²) < 4.78 is 0. The van der Waals surface area contributed by atoms with Gasteiger partial charge in [0, 0.05) is 17.6 Å². The smallest absolute Gasteiger partial charge is 0.123 e. The van der Waals surface area contributed by atoms with Gasteiger partial charge in [0.1, 0.15) is 11.6 Å². The summed E-state index contributed by atoms with van der Waals surface area (Å²) in [6.45, 7) is 4.47. The van der Waals surface area contributed by atoms with E-state index in [1.807, 2.05) is 12.4 Å². The van der Waals surface area contributed by atoms with Crippen molar-refractivity contribution in [2.45, 2.75) is 63.7 Å². The maximum absolute atomic E-state index is 4.67. The third-order valence-corrected chi connectivity index (χ3v) is 8.28. The highest BCUT2D eigenvalue weighted by Gasteiger charge is 2.25. The quantitative estimate of drug-likeness (QED) is 0.210. The highest BCUT2D eigenvalue weighted by molar-refractivity contribution is 5.90. The summed E-state index contributed by atoms with van der Waals surface area (Å²) in [7, 11) is 0. The number of H-pyrrole nitrogens is 2. The molecule has 0 saturated carbocycles. The lowest BCUT2D eigenvalue weighted by Gasteiger charge is -2.09. The van der Waals surface area contributed by atoms with Gasteiger partial charge in [-0.05, 0) is 79.1 Å². The molecule has 0 radical (unpaired) electrons. The van der Waals surface area contributed by atoms with Crippen LogP contribution in [0.1, 0.15) is 63.3 Å². The van der Waals surface area contributed by atoms with Crippen LogP contribution in [0, 0.1) is 0 Å². The lowest BCUT2D eigenvalue weighted by atomic mass is 9.98. The summed E-state index contributed by atoms with van der Waals surface area (Å²) in [5.74, 6) is 2.08. The van der Waals surface area contributed by atoms with E-state index >= 15 is 0 Å². The monoisotopic (exact) mass is 502 g/mol. The van der Waals surface area contributed by atoms with Gasteiger partial charge in [0.05, 0.1) is 35.9 Å². The summed E-state index contributed by atoms with van der Waals surface area (Å²) >= 11 is 0. The van der Waals surface area contributed by atoms with Gasteiger partial charge < -0.3 is 20.6 Å². The number of rotatable bonds is 5. The van der Waals surface area contributed by atoms with Crippen molar-refractivity contribution in [2.75, 3.05) is 0 Å². The van der Waals surface area contributed by atoms with E-state index in [1.165, 1.54) is 40.3 Å². The first-order valence-electron chi connectivity index (χ1n) is 13.9. The van der Waals surface area contributed by atoms with Gasteiger partial charge >= 0.3 is 0 Å². The standard InChI is InChI=1S/C32H34N6/c1-19-3-13-27(35-19)31-33-17-29(37-31)22-7-5-21(6-8-22)23-9-10-25-16-26(12-11-24(25)15-23)30-18-34-32(38-30)28-14-4-20(2)36-28/h5-12,15-20,27-28,35-36H,3-4,13-14H2,1-2H3,(H,33,37)(H,34,38)/t19?,20-,27+,28+/m1/s1. The zero-order chi connectivity index (χ0) is 25.6. The molecule has 4 N–H and O–H groups in total. The van der Waals surface area contributed by atoms with E-state index < -0.39 is 0 Å². The van der Waals surface area contributed by atoms with Crippen molar-refractivity contribution in [3.8, 4) is 33.6 Å². The fraction of sp³-hybridized carbons (Fsp3) is 0.312. The molecule has 7 rings (SSSR count). The molecule has 192 valence electrons. The molecule has 4 heterocycles. The third kappa shape index (κ3) is 4.44. The Balaban J connectivity index is 1.09. The van der Waals surface area contributed by atoms with E-state index in [0.717, 1.165) is 41.4 Å². The molecule has 0 aliphatic carbocycles. The minimum Gasteiger partial charge on any atom is -0.341 e. The summed E-state index contributed by atoms with van der Waals surface area (Å²) in [5, 5.41) is 9.68. The molecular weight excluding hydrogens is 468 g/mol. The van der Waals surface area contributed by atoms with Gasteiger partial charge in [-0.15, -0.1) is 0 Å². The number of benzene rings is 3. The van der Waals surface area contributed by atoms with Gasteiger partial charge in [0.15, 0.2) is 0 Å². The summed E-state index contributed by atoms with van der Waals surface area (Å²) in [6, 6.07) is 23.9. The van der Waals surface area contributed by atoms with Crippen LogP contribution in [0.3, 0.4) is 0 Å². The Morgan fingerprint density at radius 2 is 1.03 bits per heavy atom. The van der Waals surface area contributed by atoms with E-state index in [0.29, 0.717) is 24.2 Å². The average Bonchev–Trinajstić information content (AvgIpc) is 3.75. The highest BCUT2D eigenvalue weighted by Crippen LogP contribution is 2.32. The summed E-state index contributed by atoms with van der Waals surface area (Å²) in [5.41, 5.74) is 6.90. The topological polar surface area (TPSA) is 81.4 Å². The third-order valence-electron chi connectivity index (χ3n) is 8.28. The van der Waals surface area contributed by atoms with E-state index in [-0.39, 0.29) is 0 Å². The van der Waals surface area contributed by atoms with Crippen molar-refractivity contribution >= 4 is 10.8 Å². The number of imidazole rings is 2. The summed E-state index contributed by atoms with van der Waals surface area (Å²) in [4.78, 5) is 16.4. The minimum atomic E-state index is 0.330. The van der Waals surface area contributed by atoms with Gasteiger partial charge in [-0.25, -0.2) is 9.97 Å². The molecule has 2 aliphatic rings. The van der Waals surface area contributed by atoms with Crippen molar-refractivity contribution < 1.29 is 0 Å². The largest absolute Gasteiger partial charge is 0.341 e. The molecule has 1 unspecified atom stereocenters. The molecule has 3 aromatic carbocycles. The van der Waals surface area contributed by atoms with E-state index in [2.05, 4.69) is 105 Å². The fourth-order valence-electron chi connectivity index (χ4n) is 6.04. The normalized spacial score (nSPS) is 23.4. The zero-order valence-electron chi connectivity index (χ0n) is 22.0. The van der Waals surface area contributed by atoms with Crippen molar-refractivity contribution in [1.29, 1.82) is 0 Å². The van der Waals surface area contributed by atoms with Crippen LogP contribution in [-0.4, -0.2) is 32.0 Å². The second-order valence-electron chi connectivity index (χ2n) is 11.1. The minimum absolute atomic E-state index is 0.330. The lowest BCUT2D eigenvalue weighted by molar-refractivity contribution is 0.564. The van der Waals surface area contributed by atoms with Gasteiger partial charge in [-0.3, -0.25) is 0 Å². The Morgan fingerprint density at radius 3 is 1.58 bits per heavy atom. The molecule has 2 fully saturated rings. The van der Waals surface area contributed by atoms with Crippen LogP contribution in [-0.2, 0) is 0 Å². The van der Waals surface area contributed by atoms with Crippen LogP contribution in [0.2, 0.25) is 0 Å². The van der Waals surface area contributed by atoms with Crippen molar-refractivity contribution in [3.05, 3.63) is 84.7 Å². The average molecular weight is 503 g/mol. The van der Waals surface area contributed by atoms with Crippen molar-refractivity contribution in [2.24, 2.45) is 0 Å². The van der Waals surface area contributed by atoms with E-state index in [4.69, 9.17) is 0 Å². The Kier molecular flexibility index (Phi) is 5.87. The van der Waals surface area contributed by atoms with Gasteiger partial charge in [-0.2, -0.15) is 0 Å². The van der Waals surface area contributed by atoms with Crippen LogP contribution >= 0.6 is 0 Å². The second-order valence-corrected chi connectivity index (χ2v) is 11.1. The molecule has 5 aromatic rings. The van der Waals surface area contributed by atoms with Crippen LogP contribution in [0.4, 0.5) is 0 Å². The Hall–Kier alpha value is -3.74. The molecule has 2 saturated heterocycles. The van der Waals surface area contributed by atoms with Gasteiger partial charge in [-0.1, -0.05) is 48.5 Å². The fourth-order valence-corrected chi connectivity index (χ4v) is 6.04. The molecule has 6 heteroatoms. The molecule has 0 amide bonds. The number of nitrogens with zero attached hydrogens (tertiary/aromatic N) is 2. The predicted molar refractivity (Wildman–Crippen MR) is 154 cm³/mol. The van der Waals surface area contributed by atoms with Crippen LogP contribution < -0.4 is 10.6 Å². The molecule has 2 aliphatic heterocycles. The van der Waals surface area contributed by atoms with Crippen molar-refractivity contribution in [3.63, 3.8) is 0 Å². The lowest BCUT2D eigenvalue weighted by Crippen LogP contribution is -2.21. The Morgan fingerprint density at radius 1 is 0.553 bits per heavy atom. The molecule has 6 nitrogen and oxygen atoms in total. The van der Waals surface area contributed by atoms with Crippen LogP contribution in [0.15, 0.2) is 73.1 Å². The Labute approximate surface area is 223 Å². The zero-order valence-corrected chi connectivity index (χ0v) is 22.0. The number of aromatic amines is 2. The van der Waals surface area contributed by atoms with Crippen molar-refractivity contribution in [1.82, 2.24) is 30.6 Å². The van der Waals surface area contributed by atoms with Crippen LogP contribution in [0.25, 0.3) is 44.4 Å². The molecule has 38 heavy (non-hydrogen) atoms. The molecular formula is C32H34N6. The van der Waals surface area contributed by atoms with Gasteiger partial charge in [0.25, 0.3) is 0 Å². The van der Waals surface area contributed by atoms with Crippen LogP contribution in [0.5, 0.6) is 0 Å². The molecule has 4 atom stereocenters. The first-order chi connectivity index (χ1) is 18.6. The maximum Gasteiger partial charge on any atom is 0.123 e. The molecule has 0 bridgehead atoms. The Bertz CT molecular complexity index is 1580. The highest BCUT2D eigenvalue weighted by atomic mass is 15.1. The van der Waals surface area contributed by atoms with E-state index in [9.17, 15) is 0 Å². The SMILES string of the molecule is CC1CC[C@@H](c2ncc(-c3ccc(-c4ccc5cc(-c6cnc([C@@H]7CC[C@@H](C)N7)[nH]6)ccc5c4)cc3)[nH]2)N1. The number of hydrogen-bond acceptors (Lipinski definition) is 4. The first-order valence-corrected chi connectivity index (χ1v) is 13.9. The predicted octanol–water partition coefficient (Wildman–Crippen LogP) is 6.91. The molecule has 0 spiro atoms. The van der Waals surface area contributed by atoms with E-state index in [1.54, 1.807) is 0 Å². The summed E-state index contributed by atoms with van der Waals surface area (Å²) in [6.07, 6.45) is 8.58. The number of hydrogen-bond donors (Lipinski definition) is 4. The number of nitrogens with one attached hydrogen (secondary N) is 4. The maximum atomic E-state index is 4.67. The number of fused-ring (bicyclic) bond motifs is 1. The first kappa shape index (κ1) is 23.4. The number of aromatic nitrogens is 4. The van der Waals surface area contributed by atoms with Gasteiger partial charge in [0.2, 0.25) is 0 Å². The second kappa shape index (κ2) is 9.53. The molecule has 2 aromatic heterocycles.